The second-order valence-corrected chi connectivity index (χ2v) is 4.03. The van der Waals surface area contributed by atoms with E-state index in [1.807, 2.05) is 14.0 Å². The van der Waals surface area contributed by atoms with Crippen LogP contribution in [0.15, 0.2) is 12.5 Å². The SMILES string of the molecule is CCC(CC(=O)O)n1nnnc1-c1cn(C)cn1. The van der Waals surface area contributed by atoms with Crippen LogP contribution >= 0.6 is 0 Å². The second-order valence-electron chi connectivity index (χ2n) is 4.03. The highest BCUT2D eigenvalue weighted by Gasteiger charge is 2.20. The van der Waals surface area contributed by atoms with E-state index in [1.165, 1.54) is 4.68 Å². The van der Waals surface area contributed by atoms with Crippen LogP contribution in [0.5, 0.6) is 0 Å². The van der Waals surface area contributed by atoms with Gasteiger partial charge in [0.15, 0.2) is 0 Å². The van der Waals surface area contributed by atoms with Crippen molar-refractivity contribution >= 4 is 5.97 Å². The smallest absolute Gasteiger partial charge is 0.305 e. The van der Waals surface area contributed by atoms with E-state index in [0.717, 1.165) is 0 Å². The lowest BCUT2D eigenvalue weighted by molar-refractivity contribution is -0.138. The molecule has 2 rings (SSSR count). The number of rotatable bonds is 5. The highest BCUT2D eigenvalue weighted by atomic mass is 16.4. The summed E-state index contributed by atoms with van der Waals surface area (Å²) < 4.78 is 3.31. The van der Waals surface area contributed by atoms with Crippen molar-refractivity contribution in [1.82, 2.24) is 29.8 Å². The Bertz CT molecular complexity index is 546. The maximum atomic E-state index is 10.8. The van der Waals surface area contributed by atoms with E-state index in [4.69, 9.17) is 5.11 Å². The second kappa shape index (κ2) is 4.94. The molecule has 8 nitrogen and oxygen atoms in total. The zero-order valence-electron chi connectivity index (χ0n) is 10.2. The van der Waals surface area contributed by atoms with Crippen molar-refractivity contribution in [2.45, 2.75) is 25.8 Å². The number of hydrogen-bond donors (Lipinski definition) is 1. The Hall–Kier alpha value is -2.25. The van der Waals surface area contributed by atoms with Crippen LogP contribution in [-0.2, 0) is 11.8 Å². The number of nitrogens with zero attached hydrogens (tertiary/aromatic N) is 6. The number of carboxylic acids is 1. The topological polar surface area (TPSA) is 98.7 Å². The molecule has 0 aromatic carbocycles. The van der Waals surface area contributed by atoms with Crippen molar-refractivity contribution in [2.24, 2.45) is 7.05 Å². The molecule has 0 aliphatic rings. The van der Waals surface area contributed by atoms with Crippen molar-refractivity contribution in [2.75, 3.05) is 0 Å². The third kappa shape index (κ3) is 2.36. The molecule has 1 unspecified atom stereocenters. The van der Waals surface area contributed by atoms with Crippen molar-refractivity contribution in [1.29, 1.82) is 0 Å². The minimum Gasteiger partial charge on any atom is -0.481 e. The summed E-state index contributed by atoms with van der Waals surface area (Å²) in [6.07, 6.45) is 4.06. The third-order valence-electron chi connectivity index (χ3n) is 2.65. The number of imidazole rings is 1. The van der Waals surface area contributed by atoms with E-state index < -0.39 is 5.97 Å². The van der Waals surface area contributed by atoms with Crippen molar-refractivity contribution in [3.05, 3.63) is 12.5 Å². The van der Waals surface area contributed by atoms with Crippen LogP contribution in [0.2, 0.25) is 0 Å². The van der Waals surface area contributed by atoms with Crippen LogP contribution in [0, 0.1) is 0 Å². The van der Waals surface area contributed by atoms with Gasteiger partial charge in [0.2, 0.25) is 5.82 Å². The standard InChI is InChI=1S/C10H14N6O2/c1-3-7(4-9(17)18)16-10(12-13-14-16)8-5-15(2)6-11-8/h5-7H,3-4H2,1-2H3,(H,17,18). The normalized spacial score (nSPS) is 12.6. The van der Waals surface area contributed by atoms with Gasteiger partial charge in [0.1, 0.15) is 5.69 Å². The van der Waals surface area contributed by atoms with Gasteiger partial charge in [-0.25, -0.2) is 9.67 Å². The molecule has 2 aromatic rings. The predicted molar refractivity (Wildman–Crippen MR) is 61.6 cm³/mol. The molecular weight excluding hydrogens is 236 g/mol. The summed E-state index contributed by atoms with van der Waals surface area (Å²) in [6.45, 7) is 1.90. The molecule has 96 valence electrons. The molecule has 1 N–H and O–H groups in total. The number of carbonyl (C=O) groups is 1. The molecule has 18 heavy (non-hydrogen) atoms. The van der Waals surface area contributed by atoms with Crippen LogP contribution in [0.1, 0.15) is 25.8 Å². The number of aromatic nitrogens is 6. The van der Waals surface area contributed by atoms with Crippen molar-refractivity contribution < 1.29 is 9.90 Å². The Kier molecular flexibility index (Phi) is 3.35. The highest BCUT2D eigenvalue weighted by molar-refractivity contribution is 5.67. The van der Waals surface area contributed by atoms with Crippen LogP contribution in [0.25, 0.3) is 11.5 Å². The number of aliphatic carboxylic acids is 1. The van der Waals surface area contributed by atoms with Gasteiger partial charge in [-0.2, -0.15) is 0 Å². The lowest BCUT2D eigenvalue weighted by atomic mass is 10.1. The number of hydrogen-bond acceptors (Lipinski definition) is 5. The first-order chi connectivity index (χ1) is 8.61. The first-order valence-electron chi connectivity index (χ1n) is 5.59. The molecule has 0 radical (unpaired) electrons. The van der Waals surface area contributed by atoms with E-state index in [1.54, 1.807) is 17.1 Å². The van der Waals surface area contributed by atoms with Crippen LogP contribution < -0.4 is 0 Å². The maximum Gasteiger partial charge on any atom is 0.305 e. The molecule has 0 aliphatic heterocycles. The average molecular weight is 250 g/mol. The van der Waals surface area contributed by atoms with Gasteiger partial charge in [-0.05, 0) is 16.8 Å². The zero-order chi connectivity index (χ0) is 13.1. The summed E-state index contributed by atoms with van der Waals surface area (Å²) in [5.74, 6) is -0.381. The molecule has 0 spiro atoms. The molecule has 0 fully saturated rings. The van der Waals surface area contributed by atoms with Gasteiger partial charge in [0.25, 0.3) is 0 Å². The van der Waals surface area contributed by atoms with Gasteiger partial charge in [-0.3, -0.25) is 4.79 Å². The van der Waals surface area contributed by atoms with E-state index in [0.29, 0.717) is 17.9 Å². The Morgan fingerprint density at radius 2 is 2.33 bits per heavy atom. The van der Waals surface area contributed by atoms with Crippen molar-refractivity contribution in [3.8, 4) is 11.5 Å². The molecular formula is C10H14N6O2. The lowest BCUT2D eigenvalue weighted by Crippen LogP contribution is -2.15. The average Bonchev–Trinajstić information content (AvgIpc) is 2.93. The molecule has 0 saturated carbocycles. The van der Waals surface area contributed by atoms with Crippen LogP contribution in [-0.4, -0.2) is 40.8 Å². The van der Waals surface area contributed by atoms with E-state index in [2.05, 4.69) is 20.5 Å². The maximum absolute atomic E-state index is 10.8. The van der Waals surface area contributed by atoms with E-state index in [-0.39, 0.29) is 12.5 Å². The van der Waals surface area contributed by atoms with Gasteiger partial charge in [0.05, 0.1) is 18.8 Å². The van der Waals surface area contributed by atoms with Gasteiger partial charge >= 0.3 is 5.97 Å². The molecule has 1 atom stereocenters. The molecule has 0 amide bonds. The van der Waals surface area contributed by atoms with Crippen molar-refractivity contribution in [3.63, 3.8) is 0 Å². The quantitative estimate of drug-likeness (QED) is 0.829. The molecule has 0 aliphatic carbocycles. The summed E-state index contributed by atoms with van der Waals surface area (Å²) in [5.41, 5.74) is 0.631. The fourth-order valence-electron chi connectivity index (χ4n) is 1.74. The third-order valence-corrected chi connectivity index (χ3v) is 2.65. The zero-order valence-corrected chi connectivity index (χ0v) is 10.2. The minimum absolute atomic E-state index is 0.0125. The Labute approximate surface area is 103 Å². The number of aryl methyl sites for hydroxylation is 1. The van der Waals surface area contributed by atoms with Gasteiger partial charge in [-0.1, -0.05) is 6.92 Å². The predicted octanol–water partition coefficient (Wildman–Crippen LogP) is 0.499. The fraction of sp³-hybridized carbons (Fsp3) is 0.500. The summed E-state index contributed by atoms with van der Waals surface area (Å²) in [6, 6.07) is -0.269. The van der Waals surface area contributed by atoms with E-state index in [9.17, 15) is 4.79 Å². The summed E-state index contributed by atoms with van der Waals surface area (Å²) in [7, 11) is 1.85. The van der Waals surface area contributed by atoms with Gasteiger partial charge in [-0.15, -0.1) is 5.10 Å². The molecule has 2 aromatic heterocycles. The first kappa shape index (κ1) is 12.2. The minimum atomic E-state index is -0.871. The van der Waals surface area contributed by atoms with Gasteiger partial charge < -0.3 is 9.67 Å². The monoisotopic (exact) mass is 250 g/mol. The summed E-state index contributed by atoms with van der Waals surface area (Å²) in [5, 5.41) is 20.3. The Morgan fingerprint density at radius 1 is 1.56 bits per heavy atom. The van der Waals surface area contributed by atoms with E-state index >= 15 is 0 Å². The first-order valence-corrected chi connectivity index (χ1v) is 5.59. The number of tetrazole rings is 1. The lowest BCUT2D eigenvalue weighted by Gasteiger charge is -2.13. The fourth-order valence-corrected chi connectivity index (χ4v) is 1.74. The molecule has 8 heteroatoms. The highest BCUT2D eigenvalue weighted by Crippen LogP contribution is 2.21. The van der Waals surface area contributed by atoms with Crippen LogP contribution in [0.3, 0.4) is 0 Å². The summed E-state index contributed by atoms with van der Waals surface area (Å²) >= 11 is 0. The summed E-state index contributed by atoms with van der Waals surface area (Å²) in [4.78, 5) is 15.0. The Morgan fingerprint density at radius 3 is 2.89 bits per heavy atom. The largest absolute Gasteiger partial charge is 0.481 e. The van der Waals surface area contributed by atoms with Crippen LogP contribution in [0.4, 0.5) is 0 Å². The van der Waals surface area contributed by atoms with Gasteiger partial charge in [0, 0.05) is 13.2 Å². The number of carboxylic acid groups (broad SMARTS) is 1. The molecule has 0 saturated heterocycles. The Balaban J connectivity index is 2.34. The molecule has 2 heterocycles. The molecule has 0 bridgehead atoms.